The molecule has 0 aliphatic carbocycles. The number of aryl methyl sites for hydroxylation is 1. The van der Waals surface area contributed by atoms with Gasteiger partial charge in [-0.2, -0.15) is 0 Å². The summed E-state index contributed by atoms with van der Waals surface area (Å²) in [5.74, 6) is -0.219. The zero-order valence-corrected chi connectivity index (χ0v) is 43.0. The number of benzene rings is 4. The molecular formula is C57H58N8O11. The number of hydrogen-bond donors (Lipinski definition) is 4. The van der Waals surface area contributed by atoms with E-state index in [1.54, 1.807) is 94.1 Å². The summed E-state index contributed by atoms with van der Waals surface area (Å²) in [4.78, 5) is 75.5. The second-order valence-corrected chi connectivity index (χ2v) is 19.5. The molecule has 3 aromatic heterocycles. The lowest BCUT2D eigenvalue weighted by atomic mass is 9.83. The van der Waals surface area contributed by atoms with E-state index in [-0.39, 0.29) is 64.8 Å². The highest BCUT2D eigenvalue weighted by Crippen LogP contribution is 2.41. The van der Waals surface area contributed by atoms with Crippen molar-refractivity contribution in [3.8, 4) is 57.2 Å². The fourth-order valence-corrected chi connectivity index (χ4v) is 10.9. The predicted molar refractivity (Wildman–Crippen MR) is 280 cm³/mol. The van der Waals surface area contributed by atoms with E-state index in [0.717, 1.165) is 16.5 Å². The molecule has 4 N–H and O–H groups in total. The van der Waals surface area contributed by atoms with Crippen LogP contribution in [0.15, 0.2) is 89.7 Å². The third-order valence-corrected chi connectivity index (χ3v) is 15.0. The van der Waals surface area contributed by atoms with Gasteiger partial charge in [0.25, 0.3) is 17.4 Å². The van der Waals surface area contributed by atoms with Crippen LogP contribution in [0, 0.1) is 0 Å². The summed E-state index contributed by atoms with van der Waals surface area (Å²) in [5, 5.41) is 44.0. The number of esters is 1. The third-order valence-electron chi connectivity index (χ3n) is 15.0. The average molecular weight is 1030 g/mol. The van der Waals surface area contributed by atoms with E-state index in [0.29, 0.717) is 108 Å². The van der Waals surface area contributed by atoms with Gasteiger partial charge in [-0.05, 0) is 135 Å². The molecule has 19 nitrogen and oxygen atoms in total. The molecule has 1 fully saturated rings. The molecule has 0 spiro atoms. The summed E-state index contributed by atoms with van der Waals surface area (Å²) in [6.45, 7) is 13.2. The summed E-state index contributed by atoms with van der Waals surface area (Å²) in [6, 6.07) is 23.6. The lowest BCUT2D eigenvalue weighted by Gasteiger charge is -2.47. The van der Waals surface area contributed by atoms with Gasteiger partial charge in [0.2, 0.25) is 5.82 Å². The van der Waals surface area contributed by atoms with E-state index in [4.69, 9.17) is 19.2 Å². The Labute approximate surface area is 437 Å². The third kappa shape index (κ3) is 8.92. The van der Waals surface area contributed by atoms with Gasteiger partial charge in [0.1, 0.15) is 35.4 Å². The molecule has 0 radical (unpaired) electrons. The molecule has 19 heteroatoms. The first-order valence-corrected chi connectivity index (χ1v) is 25.6. The van der Waals surface area contributed by atoms with Crippen molar-refractivity contribution in [2.45, 2.75) is 97.9 Å². The number of aromatic hydroxyl groups is 2. The molecule has 1 atom stereocenters. The van der Waals surface area contributed by atoms with Crippen LogP contribution in [0.3, 0.4) is 0 Å². The number of piperidine rings is 1. The van der Waals surface area contributed by atoms with Crippen LogP contribution in [0.2, 0.25) is 0 Å². The summed E-state index contributed by atoms with van der Waals surface area (Å²) in [5.41, 5.74) is 5.02. The Morgan fingerprint density at radius 3 is 2.22 bits per heavy atom. The zero-order valence-electron chi connectivity index (χ0n) is 43.0. The monoisotopic (exact) mass is 1030 g/mol. The van der Waals surface area contributed by atoms with Crippen molar-refractivity contribution in [3.05, 3.63) is 134 Å². The van der Waals surface area contributed by atoms with Gasteiger partial charge >= 0.3 is 12.1 Å². The molecule has 392 valence electrons. The Morgan fingerprint density at radius 2 is 1.57 bits per heavy atom. The van der Waals surface area contributed by atoms with Gasteiger partial charge in [0.05, 0.1) is 34.6 Å². The Hall–Kier alpha value is -8.58. The van der Waals surface area contributed by atoms with Gasteiger partial charge < -0.3 is 49.2 Å². The van der Waals surface area contributed by atoms with Crippen LogP contribution < -0.4 is 20.3 Å². The van der Waals surface area contributed by atoms with Crippen LogP contribution in [0.4, 0.5) is 4.79 Å². The molecule has 0 bridgehead atoms. The molecule has 3 aliphatic heterocycles. The Bertz CT molecular complexity index is 3520. The Balaban J connectivity index is 0.797. The first-order valence-electron chi connectivity index (χ1n) is 25.6. The number of nitrogens with zero attached hydrogens (tertiary/aromatic N) is 7. The lowest BCUT2D eigenvalue weighted by Crippen LogP contribution is -2.58. The van der Waals surface area contributed by atoms with Crippen LogP contribution in [0.1, 0.15) is 122 Å². The van der Waals surface area contributed by atoms with E-state index in [2.05, 4.69) is 15.5 Å². The second kappa shape index (κ2) is 20.3. The van der Waals surface area contributed by atoms with Crippen LogP contribution in [-0.4, -0.2) is 105 Å². The minimum absolute atomic E-state index is 0.00418. The minimum atomic E-state index is -1.55. The number of cyclic esters (lactones) is 1. The van der Waals surface area contributed by atoms with Crippen molar-refractivity contribution in [1.29, 1.82) is 0 Å². The summed E-state index contributed by atoms with van der Waals surface area (Å²) >= 11 is 0. The number of rotatable bonds is 13. The van der Waals surface area contributed by atoms with Gasteiger partial charge in [-0.3, -0.25) is 19.0 Å². The number of pyridine rings is 2. The molecule has 3 aliphatic rings. The maximum atomic E-state index is 14.2. The number of aliphatic hydroxyl groups is 1. The highest BCUT2D eigenvalue weighted by molar-refractivity contribution is 5.95. The molecular weight excluding hydrogens is 973 g/mol. The molecule has 1 saturated heterocycles. The van der Waals surface area contributed by atoms with Crippen molar-refractivity contribution in [3.63, 3.8) is 0 Å². The number of ether oxygens (including phenoxy) is 3. The van der Waals surface area contributed by atoms with Crippen molar-refractivity contribution in [1.82, 2.24) is 39.4 Å². The number of aromatic nitrogens is 5. The summed E-state index contributed by atoms with van der Waals surface area (Å²) < 4.78 is 20.5. The van der Waals surface area contributed by atoms with Crippen molar-refractivity contribution in [2.75, 3.05) is 26.2 Å². The maximum Gasteiger partial charge on any atom is 0.415 e. The standard InChI is InChI=1S/C57H58N8O11/c1-7-37-39-25-36(19-20-44(39)59-48-42(37)29-63-45(48)27-40-43(54(63)71)30-74-55(72)49(40)68)76-56(73)64(10-4)57(8-2)21-23-62(24-22-57)53(70)32-11-15-34(16-12-32)75-35-17-13-33(14-18-35)65-50(60-61-51(65)52(69)58-9-3)41-26-38(31(5)6)46(66)28-47(41)67/h11-20,25-28,31,49,66-68H,7-10,21-24,29-30H2,1-6H3,(H,58,69). The fraction of sp³-hybridized carbons (Fsp3) is 0.333. The molecule has 3 amide bonds. The molecule has 4 aromatic carbocycles. The van der Waals surface area contributed by atoms with Gasteiger partial charge in [-0.1, -0.05) is 27.7 Å². The number of carbonyl (C=O) groups is 4. The van der Waals surface area contributed by atoms with E-state index in [1.165, 1.54) is 10.6 Å². The highest BCUT2D eigenvalue weighted by Gasteiger charge is 2.42. The zero-order chi connectivity index (χ0) is 53.7. The molecule has 10 rings (SSSR count). The first kappa shape index (κ1) is 50.9. The minimum Gasteiger partial charge on any atom is -0.508 e. The highest BCUT2D eigenvalue weighted by atomic mass is 16.6. The molecule has 6 heterocycles. The van der Waals surface area contributed by atoms with Crippen LogP contribution in [0.25, 0.3) is 39.4 Å². The fourth-order valence-electron chi connectivity index (χ4n) is 10.9. The van der Waals surface area contributed by atoms with E-state index < -0.39 is 29.6 Å². The number of nitrogens with one attached hydrogen (secondary N) is 1. The molecule has 7 aromatic rings. The Kier molecular flexibility index (Phi) is 13.6. The van der Waals surface area contributed by atoms with E-state index in [1.807, 2.05) is 40.7 Å². The summed E-state index contributed by atoms with van der Waals surface area (Å²) in [6.07, 6.45) is 0.286. The smallest absolute Gasteiger partial charge is 0.415 e. The van der Waals surface area contributed by atoms with Gasteiger partial charge in [-0.15, -0.1) is 10.2 Å². The van der Waals surface area contributed by atoms with Crippen molar-refractivity contribution in [2.24, 2.45) is 0 Å². The Morgan fingerprint density at radius 1 is 0.868 bits per heavy atom. The maximum absolute atomic E-state index is 14.2. The topological polar surface area (TPSA) is 241 Å². The van der Waals surface area contributed by atoms with Crippen molar-refractivity contribution < 1.29 is 48.7 Å². The summed E-state index contributed by atoms with van der Waals surface area (Å²) in [7, 11) is 0. The lowest BCUT2D eigenvalue weighted by molar-refractivity contribution is -0.157. The van der Waals surface area contributed by atoms with Crippen LogP contribution in [0.5, 0.6) is 28.7 Å². The van der Waals surface area contributed by atoms with Gasteiger partial charge in [0, 0.05) is 65.5 Å². The number of hydrogen-bond acceptors (Lipinski definition) is 14. The van der Waals surface area contributed by atoms with Crippen LogP contribution in [-0.2, 0) is 29.1 Å². The van der Waals surface area contributed by atoms with Gasteiger partial charge in [-0.25, -0.2) is 14.6 Å². The number of carbonyl (C=O) groups excluding carboxylic acids is 4. The van der Waals surface area contributed by atoms with E-state index in [9.17, 15) is 39.3 Å². The second-order valence-electron chi connectivity index (χ2n) is 19.5. The molecule has 0 saturated carbocycles. The predicted octanol–water partition coefficient (Wildman–Crippen LogP) is 8.31. The van der Waals surface area contributed by atoms with Crippen molar-refractivity contribution >= 4 is 34.8 Å². The molecule has 76 heavy (non-hydrogen) atoms. The largest absolute Gasteiger partial charge is 0.508 e. The number of amides is 3. The van der Waals surface area contributed by atoms with Gasteiger partial charge in [0.15, 0.2) is 11.9 Å². The number of phenols is 2. The van der Waals surface area contributed by atoms with Crippen LogP contribution >= 0.6 is 0 Å². The van der Waals surface area contributed by atoms with E-state index >= 15 is 0 Å². The number of likely N-dealkylation sites (tertiary alicyclic amines) is 1. The number of phenolic OH excluding ortho intramolecular Hbond substituents is 2. The number of aliphatic hydroxyl groups excluding tert-OH is 1. The normalized spacial score (nSPS) is 15.4. The quantitative estimate of drug-likeness (QED) is 0.0795. The first-order chi connectivity index (χ1) is 36.6. The average Bonchev–Trinajstić information content (AvgIpc) is 4.03. The molecule has 1 unspecified atom stereocenters. The number of fused-ring (bicyclic) bond motifs is 5. The SMILES string of the molecule is CCNC(=O)c1nnc(-c2cc(C(C)C)c(O)cc2O)n1-c1ccc(Oc2ccc(C(=O)N3CCC(CC)(N(CC)C(=O)Oc4ccc5nc6c(c(CC)c5c4)Cn4c-6cc5c(c4=O)COC(=O)C5O)CC3)cc2)cc1.